The number of carbonyl (C=O) groups excluding carboxylic acids is 2. The highest BCUT2D eigenvalue weighted by Crippen LogP contribution is 2.45. The number of imide groups is 1. The van der Waals surface area contributed by atoms with E-state index in [4.69, 9.17) is 0 Å². The minimum atomic E-state index is -0.584. The van der Waals surface area contributed by atoms with E-state index in [0.717, 1.165) is 24.8 Å². The van der Waals surface area contributed by atoms with Crippen LogP contribution in [0.3, 0.4) is 0 Å². The number of aryl methyl sites for hydroxylation is 1. The van der Waals surface area contributed by atoms with E-state index in [1.807, 2.05) is 25.2 Å². The first-order chi connectivity index (χ1) is 9.69. The number of rotatable bonds is 3. The number of amides is 2. The number of likely N-dealkylation sites (tertiary alicyclic amines) is 1. The van der Waals surface area contributed by atoms with Crippen molar-refractivity contribution >= 4 is 11.8 Å². The largest absolute Gasteiger partial charge is 0.318 e. The van der Waals surface area contributed by atoms with Gasteiger partial charge in [0.1, 0.15) is 0 Å². The lowest BCUT2D eigenvalue weighted by atomic mass is 9.69. The molecule has 1 spiro atoms. The topological polar surface area (TPSA) is 49.4 Å². The highest BCUT2D eigenvalue weighted by Gasteiger charge is 2.53. The summed E-state index contributed by atoms with van der Waals surface area (Å²) in [5, 5.41) is 3.00. The van der Waals surface area contributed by atoms with Crippen LogP contribution in [-0.4, -0.2) is 36.9 Å². The van der Waals surface area contributed by atoms with Crippen molar-refractivity contribution in [3.05, 3.63) is 35.4 Å². The molecule has 106 valence electrons. The second-order valence-corrected chi connectivity index (χ2v) is 5.72. The van der Waals surface area contributed by atoms with Crippen LogP contribution in [0, 0.1) is 0 Å². The molecule has 1 N–H and O–H groups in total. The van der Waals surface area contributed by atoms with Gasteiger partial charge in [0.2, 0.25) is 11.8 Å². The second-order valence-electron chi connectivity index (χ2n) is 5.72. The predicted molar refractivity (Wildman–Crippen MR) is 76.3 cm³/mol. The Morgan fingerprint density at radius 2 is 2.10 bits per heavy atom. The van der Waals surface area contributed by atoms with Crippen LogP contribution in [0.2, 0.25) is 0 Å². The van der Waals surface area contributed by atoms with Crippen molar-refractivity contribution in [1.29, 1.82) is 0 Å². The summed E-state index contributed by atoms with van der Waals surface area (Å²) in [6, 6.07) is 8.10. The molecule has 0 radical (unpaired) electrons. The summed E-state index contributed by atoms with van der Waals surface area (Å²) < 4.78 is 0. The molecule has 2 aliphatic rings. The molecular weight excluding hydrogens is 252 g/mol. The molecule has 1 aliphatic heterocycles. The van der Waals surface area contributed by atoms with E-state index in [1.165, 1.54) is 10.5 Å². The predicted octanol–water partition coefficient (Wildman–Crippen LogP) is 1.24. The Morgan fingerprint density at radius 1 is 1.30 bits per heavy atom. The third-order valence-electron chi connectivity index (χ3n) is 4.58. The number of fused-ring (bicyclic) bond motifs is 2. The van der Waals surface area contributed by atoms with Gasteiger partial charge in [-0.25, -0.2) is 0 Å². The summed E-state index contributed by atoms with van der Waals surface area (Å²) in [5.41, 5.74) is 1.73. The molecule has 0 aromatic heterocycles. The van der Waals surface area contributed by atoms with E-state index in [1.54, 1.807) is 0 Å². The van der Waals surface area contributed by atoms with Crippen molar-refractivity contribution in [1.82, 2.24) is 10.2 Å². The number of nitrogens with one attached hydrogen (secondary N) is 1. The molecule has 1 saturated heterocycles. The monoisotopic (exact) mass is 272 g/mol. The number of carbonyl (C=O) groups is 2. The third kappa shape index (κ3) is 1.86. The summed E-state index contributed by atoms with van der Waals surface area (Å²) in [6.07, 6.45) is 3.13. The van der Waals surface area contributed by atoms with Crippen LogP contribution in [0.15, 0.2) is 24.3 Å². The van der Waals surface area contributed by atoms with Crippen LogP contribution < -0.4 is 5.32 Å². The fourth-order valence-corrected chi connectivity index (χ4v) is 3.58. The molecule has 1 fully saturated rings. The third-order valence-corrected chi connectivity index (χ3v) is 4.58. The van der Waals surface area contributed by atoms with Gasteiger partial charge in [0, 0.05) is 19.5 Å². The highest BCUT2D eigenvalue weighted by atomic mass is 16.2. The second kappa shape index (κ2) is 5.02. The van der Waals surface area contributed by atoms with E-state index in [0.29, 0.717) is 19.5 Å². The SMILES string of the molecule is CNCCN1C(=O)CC2(CCCc3ccccc32)C1=O. The fourth-order valence-electron chi connectivity index (χ4n) is 3.58. The molecule has 4 nitrogen and oxygen atoms in total. The molecule has 1 unspecified atom stereocenters. The highest BCUT2D eigenvalue weighted by molar-refractivity contribution is 6.09. The maximum Gasteiger partial charge on any atom is 0.240 e. The first kappa shape index (κ1) is 13.3. The Bertz CT molecular complexity index is 555. The van der Waals surface area contributed by atoms with Crippen LogP contribution in [0.5, 0.6) is 0 Å². The van der Waals surface area contributed by atoms with Gasteiger partial charge < -0.3 is 5.32 Å². The van der Waals surface area contributed by atoms with Gasteiger partial charge in [-0.05, 0) is 37.4 Å². The standard InChI is InChI=1S/C16H20N2O2/c1-17-9-10-18-14(19)11-16(15(18)20)8-4-6-12-5-2-3-7-13(12)16/h2-3,5,7,17H,4,6,8-11H2,1H3. The summed E-state index contributed by atoms with van der Waals surface area (Å²) in [4.78, 5) is 26.5. The van der Waals surface area contributed by atoms with E-state index in [9.17, 15) is 9.59 Å². The zero-order valence-corrected chi connectivity index (χ0v) is 11.8. The van der Waals surface area contributed by atoms with Gasteiger partial charge in [-0.2, -0.15) is 0 Å². The summed E-state index contributed by atoms with van der Waals surface area (Å²) in [7, 11) is 1.83. The van der Waals surface area contributed by atoms with Gasteiger partial charge >= 0.3 is 0 Å². The van der Waals surface area contributed by atoms with Gasteiger partial charge in [-0.3, -0.25) is 14.5 Å². The average Bonchev–Trinajstić information content (AvgIpc) is 2.69. The number of hydrogen-bond donors (Lipinski definition) is 1. The molecule has 20 heavy (non-hydrogen) atoms. The summed E-state index contributed by atoms with van der Waals surface area (Å²) >= 11 is 0. The lowest BCUT2D eigenvalue weighted by molar-refractivity contribution is -0.140. The molecule has 1 aromatic carbocycles. The Hall–Kier alpha value is -1.68. The minimum absolute atomic E-state index is 0.00454. The molecule has 0 bridgehead atoms. The molecule has 1 atom stereocenters. The molecule has 1 heterocycles. The average molecular weight is 272 g/mol. The van der Waals surface area contributed by atoms with E-state index in [-0.39, 0.29) is 11.8 Å². The Morgan fingerprint density at radius 3 is 2.90 bits per heavy atom. The maximum absolute atomic E-state index is 12.8. The maximum atomic E-state index is 12.8. The van der Waals surface area contributed by atoms with Crippen molar-refractivity contribution in [2.45, 2.75) is 31.1 Å². The van der Waals surface area contributed by atoms with Crippen molar-refractivity contribution in [2.24, 2.45) is 0 Å². The Labute approximate surface area is 119 Å². The van der Waals surface area contributed by atoms with Gasteiger partial charge in [-0.1, -0.05) is 24.3 Å². The first-order valence-electron chi connectivity index (χ1n) is 7.27. The van der Waals surface area contributed by atoms with Gasteiger partial charge in [0.15, 0.2) is 0 Å². The molecule has 0 saturated carbocycles. The van der Waals surface area contributed by atoms with Crippen molar-refractivity contribution in [3.63, 3.8) is 0 Å². The van der Waals surface area contributed by atoms with E-state index in [2.05, 4.69) is 11.4 Å². The number of hydrogen-bond acceptors (Lipinski definition) is 3. The van der Waals surface area contributed by atoms with Crippen molar-refractivity contribution < 1.29 is 9.59 Å². The lowest BCUT2D eigenvalue weighted by Crippen LogP contribution is -2.42. The Balaban J connectivity index is 1.98. The van der Waals surface area contributed by atoms with Crippen molar-refractivity contribution in [2.75, 3.05) is 20.1 Å². The van der Waals surface area contributed by atoms with Crippen LogP contribution in [0.25, 0.3) is 0 Å². The smallest absolute Gasteiger partial charge is 0.240 e. The molecule has 3 rings (SSSR count). The van der Waals surface area contributed by atoms with E-state index < -0.39 is 5.41 Å². The lowest BCUT2D eigenvalue weighted by Gasteiger charge is -2.33. The van der Waals surface area contributed by atoms with Crippen LogP contribution >= 0.6 is 0 Å². The van der Waals surface area contributed by atoms with Crippen LogP contribution in [0.1, 0.15) is 30.4 Å². The normalized spacial score (nSPS) is 25.4. The number of nitrogens with zero attached hydrogens (tertiary/aromatic N) is 1. The van der Waals surface area contributed by atoms with E-state index >= 15 is 0 Å². The quantitative estimate of drug-likeness (QED) is 0.842. The zero-order valence-electron chi connectivity index (χ0n) is 11.8. The van der Waals surface area contributed by atoms with Gasteiger partial charge in [0.25, 0.3) is 0 Å². The summed E-state index contributed by atoms with van der Waals surface area (Å²) in [5.74, 6) is -0.0214. The Kier molecular flexibility index (Phi) is 3.34. The molecule has 4 heteroatoms. The zero-order chi connectivity index (χ0) is 14.2. The number of likely N-dealkylation sites (N-methyl/N-ethyl adjacent to an activating group) is 1. The fraction of sp³-hybridized carbons (Fsp3) is 0.500. The summed E-state index contributed by atoms with van der Waals surface area (Å²) in [6.45, 7) is 1.12. The van der Waals surface area contributed by atoms with Crippen LogP contribution in [0.4, 0.5) is 0 Å². The molecule has 1 aromatic rings. The molecule has 1 aliphatic carbocycles. The molecule has 2 amide bonds. The van der Waals surface area contributed by atoms with Crippen LogP contribution in [-0.2, 0) is 21.4 Å². The minimum Gasteiger partial charge on any atom is -0.318 e. The number of benzene rings is 1. The molecular formula is C16H20N2O2. The van der Waals surface area contributed by atoms with Crippen molar-refractivity contribution in [3.8, 4) is 0 Å². The van der Waals surface area contributed by atoms with Gasteiger partial charge in [0.05, 0.1) is 5.41 Å². The van der Waals surface area contributed by atoms with Gasteiger partial charge in [-0.15, -0.1) is 0 Å². The first-order valence-corrected chi connectivity index (χ1v) is 7.27.